The molecule has 0 radical (unpaired) electrons. The molecule has 0 spiro atoms. The van der Waals surface area contributed by atoms with Gasteiger partial charge in [-0.2, -0.15) is 23.3 Å². The molecule has 4 aromatic heterocycles. The fourth-order valence-electron chi connectivity index (χ4n) is 4.21. The number of aromatic nitrogens is 5. The van der Waals surface area contributed by atoms with Gasteiger partial charge >= 0.3 is 12.1 Å². The normalized spacial score (nSPS) is 12.4. The van der Waals surface area contributed by atoms with Gasteiger partial charge in [-0.25, -0.2) is 27.1 Å². The van der Waals surface area contributed by atoms with Gasteiger partial charge in [0, 0.05) is 35.5 Å². The predicted molar refractivity (Wildman–Crippen MR) is 141 cm³/mol. The second-order valence-corrected chi connectivity index (χ2v) is 11.6. The van der Waals surface area contributed by atoms with Crippen molar-refractivity contribution in [3.05, 3.63) is 69.0 Å². The van der Waals surface area contributed by atoms with Crippen LogP contribution in [-0.2, 0) is 27.3 Å². The zero-order valence-corrected chi connectivity index (χ0v) is 22.5. The van der Waals surface area contributed by atoms with Crippen molar-refractivity contribution in [2.75, 3.05) is 24.4 Å². The Bertz CT molecular complexity index is 2060. The maximum atomic E-state index is 13.8. The van der Waals surface area contributed by atoms with Gasteiger partial charge in [-0.1, -0.05) is 11.6 Å². The first-order valence-electron chi connectivity index (χ1n) is 11.5. The molecule has 0 saturated carbocycles. The highest BCUT2D eigenvalue weighted by Gasteiger charge is 2.35. The van der Waals surface area contributed by atoms with Crippen LogP contribution in [0.15, 0.2) is 41.3 Å². The minimum absolute atomic E-state index is 0.0611. The van der Waals surface area contributed by atoms with Gasteiger partial charge in [0.15, 0.2) is 11.3 Å². The number of hydrogen-bond donors (Lipinski definition) is 1. The molecule has 11 nitrogen and oxygen atoms in total. The van der Waals surface area contributed by atoms with Gasteiger partial charge in [-0.05, 0) is 30.3 Å². The highest BCUT2D eigenvalue weighted by Crippen LogP contribution is 2.34. The number of methoxy groups -OCH3 is 1. The fraction of sp³-hybridized carbons (Fsp3) is 0.208. The van der Waals surface area contributed by atoms with Gasteiger partial charge in [0.1, 0.15) is 21.2 Å². The Balaban J connectivity index is 1.88. The zero-order valence-electron chi connectivity index (χ0n) is 21.0. The Labute approximate surface area is 232 Å². The molecule has 4 heterocycles. The molecule has 0 aliphatic heterocycles. The molecule has 17 heteroatoms. The summed E-state index contributed by atoms with van der Waals surface area (Å²) < 4.78 is 85.3. The third kappa shape index (κ3) is 5.27. The number of benzene rings is 1. The van der Waals surface area contributed by atoms with E-state index in [9.17, 15) is 35.6 Å². The first-order chi connectivity index (χ1) is 19.2. The van der Waals surface area contributed by atoms with Crippen molar-refractivity contribution in [2.24, 2.45) is 0 Å². The van der Waals surface area contributed by atoms with Gasteiger partial charge in [0.05, 0.1) is 28.9 Å². The van der Waals surface area contributed by atoms with Crippen LogP contribution in [0.5, 0.6) is 0 Å². The van der Waals surface area contributed by atoms with E-state index in [-0.39, 0.29) is 44.1 Å². The van der Waals surface area contributed by atoms with Crippen molar-refractivity contribution in [3.8, 4) is 0 Å². The summed E-state index contributed by atoms with van der Waals surface area (Å²) in [4.78, 5) is 34.3. The molecule has 1 aromatic carbocycles. The molecule has 5 aromatic rings. The van der Waals surface area contributed by atoms with Crippen molar-refractivity contribution in [2.45, 2.75) is 12.7 Å². The monoisotopic (exact) mass is 612 g/mol. The number of ether oxygens (including phenoxy) is 1. The molecule has 0 atom stereocenters. The average molecular weight is 613 g/mol. The number of esters is 1. The van der Waals surface area contributed by atoms with E-state index >= 15 is 0 Å². The number of halogens is 5. The van der Waals surface area contributed by atoms with Crippen LogP contribution in [0.25, 0.3) is 27.5 Å². The lowest BCUT2D eigenvalue weighted by atomic mass is 10.1. The van der Waals surface area contributed by atoms with E-state index in [0.29, 0.717) is 6.07 Å². The Morgan fingerprint density at radius 2 is 1.90 bits per heavy atom. The topological polar surface area (TPSA) is 138 Å². The largest absolute Gasteiger partial charge is 0.465 e. The lowest BCUT2D eigenvalue weighted by Gasteiger charge is -2.15. The van der Waals surface area contributed by atoms with Gasteiger partial charge in [-0.3, -0.25) is 4.79 Å². The number of nitrogens with one attached hydrogen (secondary N) is 1. The van der Waals surface area contributed by atoms with Crippen LogP contribution < -0.4 is 10.9 Å². The molecule has 0 fully saturated rings. The molecule has 0 unspecified atom stereocenters. The quantitative estimate of drug-likeness (QED) is 0.171. The third-order valence-electron chi connectivity index (χ3n) is 6.06. The Hall–Kier alpha value is -4.31. The number of aryl methyl sites for hydroxylation is 1. The maximum Gasteiger partial charge on any atom is 0.435 e. The molecule has 41 heavy (non-hydrogen) atoms. The van der Waals surface area contributed by atoms with Crippen molar-refractivity contribution in [3.63, 3.8) is 0 Å². The fourth-order valence-corrected chi connectivity index (χ4v) is 4.91. The van der Waals surface area contributed by atoms with Crippen molar-refractivity contribution >= 4 is 66.5 Å². The van der Waals surface area contributed by atoms with Crippen molar-refractivity contribution < 1.29 is 35.5 Å². The van der Waals surface area contributed by atoms with Gasteiger partial charge in [-0.15, -0.1) is 0 Å². The standard InChI is InChI=1S/C24H17ClF4N6O5S/c1-40-22(37)13-8-12-14-10-30-23(31-11-3-4-16(26)15(25)7-11)32-20(14)35-17(9-18(33-35)24(27,28)29)19(12)34(21(13)36)5-6-41(2,38)39/h3-4,7-10H,5-6H2,1-2H3,(H,30,31,32). The van der Waals surface area contributed by atoms with Crippen molar-refractivity contribution in [1.82, 2.24) is 24.1 Å². The van der Waals surface area contributed by atoms with Crippen LogP contribution in [0.3, 0.4) is 0 Å². The molecular formula is C24H17ClF4N6O5S. The summed E-state index contributed by atoms with van der Waals surface area (Å²) in [5, 5.41) is 6.38. The predicted octanol–water partition coefficient (Wildman–Crippen LogP) is 3.98. The number of pyridine rings is 2. The molecule has 5 rings (SSSR count). The summed E-state index contributed by atoms with van der Waals surface area (Å²) in [5.41, 5.74) is -3.03. The van der Waals surface area contributed by atoms with Gasteiger partial charge < -0.3 is 14.6 Å². The lowest BCUT2D eigenvalue weighted by molar-refractivity contribution is -0.141. The SMILES string of the molecule is COC(=O)c1cc2c3cnc(Nc4ccc(F)c(Cl)c4)nc3n3nc(C(F)(F)F)cc3c2n(CCS(C)(=O)=O)c1=O. The summed E-state index contributed by atoms with van der Waals surface area (Å²) in [7, 11) is -2.61. The summed E-state index contributed by atoms with van der Waals surface area (Å²) >= 11 is 5.82. The van der Waals surface area contributed by atoms with Crippen LogP contribution in [-0.4, -0.2) is 57.7 Å². The molecular weight excluding hydrogens is 596 g/mol. The molecule has 0 amide bonds. The Morgan fingerprint density at radius 3 is 2.54 bits per heavy atom. The lowest BCUT2D eigenvalue weighted by Crippen LogP contribution is -2.30. The number of alkyl halides is 3. The number of carbonyl (C=O) groups is 1. The van der Waals surface area contributed by atoms with E-state index in [1.165, 1.54) is 18.3 Å². The van der Waals surface area contributed by atoms with Crippen LogP contribution in [0, 0.1) is 5.82 Å². The molecule has 0 aliphatic rings. The van der Waals surface area contributed by atoms with E-state index in [1.54, 1.807) is 0 Å². The van der Waals surface area contributed by atoms with Crippen molar-refractivity contribution in [1.29, 1.82) is 0 Å². The van der Waals surface area contributed by atoms with Crippen LogP contribution in [0.1, 0.15) is 16.1 Å². The van der Waals surface area contributed by atoms with E-state index in [1.807, 2.05) is 0 Å². The number of nitrogens with zero attached hydrogens (tertiary/aromatic N) is 5. The number of carbonyl (C=O) groups excluding carboxylic acids is 1. The van der Waals surface area contributed by atoms with Gasteiger partial charge in [0.2, 0.25) is 5.95 Å². The maximum absolute atomic E-state index is 13.8. The molecule has 1 N–H and O–H groups in total. The molecule has 0 aliphatic carbocycles. The highest BCUT2D eigenvalue weighted by atomic mass is 35.5. The first-order valence-corrected chi connectivity index (χ1v) is 13.9. The second kappa shape index (κ2) is 9.95. The number of sulfone groups is 1. The van der Waals surface area contributed by atoms with E-state index in [4.69, 9.17) is 16.3 Å². The highest BCUT2D eigenvalue weighted by molar-refractivity contribution is 7.90. The smallest absolute Gasteiger partial charge is 0.435 e. The molecule has 214 valence electrons. The van der Waals surface area contributed by atoms with Gasteiger partial charge in [0.25, 0.3) is 5.56 Å². The summed E-state index contributed by atoms with van der Waals surface area (Å²) in [6, 6.07) is 5.48. The van der Waals surface area contributed by atoms with E-state index in [2.05, 4.69) is 20.4 Å². The van der Waals surface area contributed by atoms with Crippen LogP contribution in [0.4, 0.5) is 29.2 Å². The Morgan fingerprint density at radius 1 is 1.17 bits per heavy atom. The Kier molecular flexibility index (Phi) is 6.85. The number of fused-ring (bicyclic) bond motifs is 6. The summed E-state index contributed by atoms with van der Waals surface area (Å²) in [6.07, 6.45) is -2.75. The summed E-state index contributed by atoms with van der Waals surface area (Å²) in [6.45, 7) is -0.488. The second-order valence-electron chi connectivity index (χ2n) is 8.91. The summed E-state index contributed by atoms with van der Waals surface area (Å²) in [5.74, 6) is -2.40. The number of anilines is 2. The first kappa shape index (κ1) is 28.2. The zero-order chi connectivity index (χ0) is 29.9. The molecule has 0 saturated heterocycles. The van der Waals surface area contributed by atoms with Crippen LogP contribution >= 0.6 is 11.6 Å². The van der Waals surface area contributed by atoms with E-state index in [0.717, 1.165) is 34.6 Å². The molecule has 0 bridgehead atoms. The third-order valence-corrected chi connectivity index (χ3v) is 7.27. The minimum atomic E-state index is -4.90. The number of hydrogen-bond acceptors (Lipinski definition) is 9. The average Bonchev–Trinajstić information content (AvgIpc) is 3.35. The number of rotatable bonds is 6. The van der Waals surface area contributed by atoms with Crippen LogP contribution in [0.2, 0.25) is 5.02 Å². The minimum Gasteiger partial charge on any atom is -0.465 e. The van der Waals surface area contributed by atoms with E-state index < -0.39 is 56.9 Å².